The molecule has 0 radical (unpaired) electrons. The van der Waals surface area contributed by atoms with Crippen molar-refractivity contribution in [1.29, 1.82) is 0 Å². The predicted molar refractivity (Wildman–Crippen MR) is 86.1 cm³/mol. The van der Waals surface area contributed by atoms with Crippen LogP contribution in [-0.2, 0) is 16.1 Å². The van der Waals surface area contributed by atoms with Crippen LogP contribution in [0.25, 0.3) is 0 Å². The van der Waals surface area contributed by atoms with Gasteiger partial charge < -0.3 is 15.8 Å². The van der Waals surface area contributed by atoms with Crippen LogP contribution in [0.3, 0.4) is 0 Å². The van der Waals surface area contributed by atoms with Crippen molar-refractivity contribution in [2.24, 2.45) is 11.7 Å². The molecule has 0 aromatic heterocycles. The Bertz CT molecular complexity index is 435. The fourth-order valence-electron chi connectivity index (χ4n) is 2.15. The van der Waals surface area contributed by atoms with Gasteiger partial charge in [-0.3, -0.25) is 9.69 Å². The molecule has 0 fully saturated rings. The summed E-state index contributed by atoms with van der Waals surface area (Å²) in [6, 6.07) is 7.62. The van der Waals surface area contributed by atoms with Gasteiger partial charge in [0.05, 0.1) is 13.2 Å². The predicted octanol–water partition coefficient (Wildman–Crippen LogP) is 1.69. The molecule has 0 bridgehead atoms. The monoisotopic (exact) mass is 293 g/mol. The summed E-state index contributed by atoms with van der Waals surface area (Å²) < 4.78 is 5.10. The van der Waals surface area contributed by atoms with Crippen molar-refractivity contribution < 1.29 is 9.53 Å². The highest BCUT2D eigenvalue weighted by atomic mass is 16.5. The maximum absolute atomic E-state index is 12.1. The van der Waals surface area contributed by atoms with Gasteiger partial charge in [0, 0.05) is 32.4 Å². The first-order valence-corrected chi connectivity index (χ1v) is 7.35. The molecule has 1 aromatic carbocycles. The van der Waals surface area contributed by atoms with E-state index in [0.717, 1.165) is 24.3 Å². The minimum Gasteiger partial charge on any atom is -0.383 e. The molecule has 0 heterocycles. The summed E-state index contributed by atoms with van der Waals surface area (Å²) in [6.45, 7) is 7.38. The van der Waals surface area contributed by atoms with Crippen molar-refractivity contribution in [2.45, 2.75) is 20.4 Å². The Hall–Kier alpha value is -1.43. The van der Waals surface area contributed by atoms with Crippen molar-refractivity contribution in [2.75, 3.05) is 38.7 Å². The molecule has 118 valence electrons. The van der Waals surface area contributed by atoms with E-state index >= 15 is 0 Å². The normalized spacial score (nSPS) is 11.1. The number of nitrogens with two attached hydrogens (primary N) is 1. The van der Waals surface area contributed by atoms with Crippen LogP contribution in [-0.4, -0.2) is 44.2 Å². The lowest BCUT2D eigenvalue weighted by molar-refractivity contribution is -0.117. The van der Waals surface area contributed by atoms with Gasteiger partial charge in [0.25, 0.3) is 0 Å². The Morgan fingerprint density at radius 1 is 1.43 bits per heavy atom. The number of rotatable bonds is 9. The third kappa shape index (κ3) is 7.22. The molecule has 5 nitrogen and oxygen atoms in total. The third-order valence-corrected chi connectivity index (χ3v) is 3.05. The Morgan fingerprint density at radius 3 is 2.81 bits per heavy atom. The maximum Gasteiger partial charge on any atom is 0.238 e. The average Bonchev–Trinajstić information content (AvgIpc) is 2.44. The number of nitrogens with zero attached hydrogens (tertiary/aromatic N) is 1. The molecule has 5 heteroatoms. The van der Waals surface area contributed by atoms with Gasteiger partial charge in [-0.05, 0) is 23.6 Å². The molecule has 0 aliphatic heterocycles. The highest BCUT2D eigenvalue weighted by molar-refractivity contribution is 5.92. The third-order valence-electron chi connectivity index (χ3n) is 3.05. The highest BCUT2D eigenvalue weighted by Crippen LogP contribution is 2.10. The molecule has 1 amide bonds. The van der Waals surface area contributed by atoms with Gasteiger partial charge in [0.1, 0.15) is 0 Å². The van der Waals surface area contributed by atoms with Gasteiger partial charge >= 0.3 is 0 Å². The molecule has 0 saturated carbocycles. The topological polar surface area (TPSA) is 67.6 Å². The summed E-state index contributed by atoms with van der Waals surface area (Å²) in [6.07, 6.45) is 0. The molecule has 0 atom stereocenters. The van der Waals surface area contributed by atoms with Crippen LogP contribution < -0.4 is 11.1 Å². The smallest absolute Gasteiger partial charge is 0.238 e. The molecule has 0 aliphatic carbocycles. The molecule has 0 saturated heterocycles. The number of ether oxygens (including phenoxy) is 1. The number of amides is 1. The molecule has 0 spiro atoms. The second kappa shape index (κ2) is 9.50. The number of methoxy groups -OCH3 is 1. The largest absolute Gasteiger partial charge is 0.383 e. The molecular weight excluding hydrogens is 266 g/mol. The zero-order valence-electron chi connectivity index (χ0n) is 13.3. The van der Waals surface area contributed by atoms with E-state index in [1.807, 2.05) is 24.3 Å². The lowest BCUT2D eigenvalue weighted by Gasteiger charge is -2.23. The SMILES string of the molecule is COCCN(CC(=O)Nc1cccc(CN)c1)CC(C)C. The van der Waals surface area contributed by atoms with Crippen LogP contribution in [0, 0.1) is 5.92 Å². The van der Waals surface area contributed by atoms with Gasteiger partial charge in [-0.1, -0.05) is 26.0 Å². The Morgan fingerprint density at radius 2 is 2.19 bits per heavy atom. The summed E-state index contributed by atoms with van der Waals surface area (Å²) in [5.74, 6) is 0.496. The van der Waals surface area contributed by atoms with E-state index in [1.54, 1.807) is 7.11 Å². The quantitative estimate of drug-likeness (QED) is 0.727. The van der Waals surface area contributed by atoms with E-state index in [2.05, 4.69) is 24.1 Å². The molecular formula is C16H27N3O2. The summed E-state index contributed by atoms with van der Waals surface area (Å²) in [4.78, 5) is 14.2. The number of anilines is 1. The van der Waals surface area contributed by atoms with Gasteiger partial charge in [-0.2, -0.15) is 0 Å². The lowest BCUT2D eigenvalue weighted by atomic mass is 10.2. The first-order valence-electron chi connectivity index (χ1n) is 7.35. The van der Waals surface area contributed by atoms with Gasteiger partial charge in [-0.15, -0.1) is 0 Å². The second-order valence-electron chi connectivity index (χ2n) is 5.57. The van der Waals surface area contributed by atoms with Crippen molar-refractivity contribution in [3.05, 3.63) is 29.8 Å². The fraction of sp³-hybridized carbons (Fsp3) is 0.562. The zero-order chi connectivity index (χ0) is 15.7. The highest BCUT2D eigenvalue weighted by Gasteiger charge is 2.12. The van der Waals surface area contributed by atoms with E-state index in [0.29, 0.717) is 25.6 Å². The fourth-order valence-corrected chi connectivity index (χ4v) is 2.15. The van der Waals surface area contributed by atoms with Crippen LogP contribution in [0.15, 0.2) is 24.3 Å². The summed E-state index contributed by atoms with van der Waals surface area (Å²) in [5.41, 5.74) is 7.40. The first-order chi connectivity index (χ1) is 10.0. The van der Waals surface area contributed by atoms with Crippen molar-refractivity contribution >= 4 is 11.6 Å². The minimum absolute atomic E-state index is 0.0130. The molecule has 21 heavy (non-hydrogen) atoms. The summed E-state index contributed by atoms with van der Waals surface area (Å²) in [7, 11) is 1.67. The summed E-state index contributed by atoms with van der Waals surface area (Å²) in [5, 5.41) is 2.92. The maximum atomic E-state index is 12.1. The van der Waals surface area contributed by atoms with E-state index in [1.165, 1.54) is 0 Å². The standard InChI is InChI=1S/C16H27N3O2/c1-13(2)11-19(7-8-21-3)12-16(20)18-15-6-4-5-14(9-15)10-17/h4-6,9,13H,7-8,10-12,17H2,1-3H3,(H,18,20). The van der Waals surface area contributed by atoms with Crippen LogP contribution >= 0.6 is 0 Å². The van der Waals surface area contributed by atoms with Crippen molar-refractivity contribution in [3.63, 3.8) is 0 Å². The van der Waals surface area contributed by atoms with Crippen molar-refractivity contribution in [1.82, 2.24) is 4.90 Å². The molecule has 1 aromatic rings. The second-order valence-corrected chi connectivity index (χ2v) is 5.57. The zero-order valence-corrected chi connectivity index (χ0v) is 13.3. The Kier molecular flexibility index (Phi) is 7.97. The van der Waals surface area contributed by atoms with E-state index in [4.69, 9.17) is 10.5 Å². The Labute approximate surface area is 127 Å². The number of hydrogen-bond donors (Lipinski definition) is 2. The van der Waals surface area contributed by atoms with Gasteiger partial charge in [0.15, 0.2) is 0 Å². The van der Waals surface area contributed by atoms with E-state index in [9.17, 15) is 4.79 Å². The number of hydrogen-bond acceptors (Lipinski definition) is 4. The average molecular weight is 293 g/mol. The van der Waals surface area contributed by atoms with Crippen LogP contribution in [0.1, 0.15) is 19.4 Å². The lowest BCUT2D eigenvalue weighted by Crippen LogP contribution is -2.37. The van der Waals surface area contributed by atoms with Gasteiger partial charge in [-0.25, -0.2) is 0 Å². The Balaban J connectivity index is 2.55. The van der Waals surface area contributed by atoms with E-state index < -0.39 is 0 Å². The van der Waals surface area contributed by atoms with Gasteiger partial charge in [0.2, 0.25) is 5.91 Å². The number of benzene rings is 1. The van der Waals surface area contributed by atoms with Crippen LogP contribution in [0.5, 0.6) is 0 Å². The van der Waals surface area contributed by atoms with Crippen molar-refractivity contribution in [3.8, 4) is 0 Å². The molecule has 0 aliphatic rings. The number of carbonyl (C=O) groups excluding carboxylic acids is 1. The summed E-state index contributed by atoms with van der Waals surface area (Å²) >= 11 is 0. The molecule has 0 unspecified atom stereocenters. The molecule has 1 rings (SSSR count). The number of nitrogens with one attached hydrogen (secondary N) is 1. The van der Waals surface area contributed by atoms with Crippen LogP contribution in [0.2, 0.25) is 0 Å². The number of carbonyl (C=O) groups is 1. The van der Waals surface area contributed by atoms with Crippen LogP contribution in [0.4, 0.5) is 5.69 Å². The minimum atomic E-state index is -0.0130. The van der Waals surface area contributed by atoms with E-state index in [-0.39, 0.29) is 5.91 Å². The first kappa shape index (κ1) is 17.6. The molecule has 3 N–H and O–H groups in total.